The third kappa shape index (κ3) is 7.84. The molecule has 9 heavy (non-hydrogen) atoms. The highest BCUT2D eigenvalue weighted by atomic mass is 16.7. The van der Waals surface area contributed by atoms with Gasteiger partial charge in [0.2, 0.25) is 0 Å². The topological polar surface area (TPSA) is 60.7 Å². The molecule has 4 nitrogen and oxygen atoms in total. The second kappa shape index (κ2) is 2.22. The van der Waals surface area contributed by atoms with Gasteiger partial charge in [0.05, 0.1) is 21.1 Å². The monoisotopic (exact) mass is 136 g/mol. The van der Waals surface area contributed by atoms with Crippen LogP contribution in [0.15, 0.2) is 0 Å². The molecule has 0 fully saturated rings. The van der Waals surface area contributed by atoms with Crippen LogP contribution in [0.25, 0.3) is 0 Å². The zero-order valence-electron chi connectivity index (χ0n) is 6.00. The number of hydrogen-bond donors (Lipinski definition) is 3. The molecule has 0 amide bonds. The fourth-order valence-corrected chi connectivity index (χ4v) is 0.636. The first-order chi connectivity index (χ1) is 3.71. The lowest BCUT2D eigenvalue weighted by molar-refractivity contribution is -0.885. The number of rotatable bonds is 2. The van der Waals surface area contributed by atoms with Crippen molar-refractivity contribution in [3.8, 4) is 0 Å². The quantitative estimate of drug-likeness (QED) is 0.314. The predicted octanol–water partition coefficient (Wildman–Crippen LogP) is -1.68. The fraction of sp³-hybridized carbons (Fsp3) is 1.00. The minimum atomic E-state index is -2.54. The average molecular weight is 136 g/mol. The smallest absolute Gasteiger partial charge is 0.328 e. The van der Waals surface area contributed by atoms with E-state index in [1.54, 1.807) is 21.1 Å². The van der Waals surface area contributed by atoms with Crippen LogP contribution in [0, 0.1) is 0 Å². The highest BCUT2D eigenvalue weighted by Crippen LogP contribution is 1.99. The molecule has 0 unspecified atom stereocenters. The van der Waals surface area contributed by atoms with Crippen LogP contribution in [0.2, 0.25) is 0 Å². The van der Waals surface area contributed by atoms with Crippen molar-refractivity contribution < 1.29 is 19.8 Å². The molecule has 0 aliphatic rings. The number of aliphatic hydroxyl groups is 3. The first-order valence-electron chi connectivity index (χ1n) is 2.68. The molecule has 0 rings (SSSR count). The van der Waals surface area contributed by atoms with E-state index in [1.807, 2.05) is 0 Å². The third-order valence-electron chi connectivity index (χ3n) is 0.686. The maximum absolute atomic E-state index is 8.45. The van der Waals surface area contributed by atoms with Gasteiger partial charge in [-0.1, -0.05) is 0 Å². The molecule has 0 saturated heterocycles. The summed E-state index contributed by atoms with van der Waals surface area (Å²) in [7, 11) is 5.24. The summed E-state index contributed by atoms with van der Waals surface area (Å²) in [6, 6.07) is 0. The molecule has 0 radical (unpaired) electrons. The molecule has 0 aliphatic carbocycles. The molecule has 0 spiro atoms. The van der Waals surface area contributed by atoms with Crippen LogP contribution < -0.4 is 0 Å². The summed E-state index contributed by atoms with van der Waals surface area (Å²) in [5.74, 6) is -2.54. The van der Waals surface area contributed by atoms with Crippen LogP contribution >= 0.6 is 0 Å². The Balaban J connectivity index is 3.75. The summed E-state index contributed by atoms with van der Waals surface area (Å²) in [5, 5.41) is 25.3. The Morgan fingerprint density at radius 2 is 1.44 bits per heavy atom. The van der Waals surface area contributed by atoms with E-state index in [9.17, 15) is 0 Å². The minimum Gasteiger partial charge on any atom is -0.339 e. The molecule has 0 heterocycles. The van der Waals surface area contributed by atoms with Crippen molar-refractivity contribution in [1.82, 2.24) is 0 Å². The van der Waals surface area contributed by atoms with E-state index in [2.05, 4.69) is 0 Å². The van der Waals surface area contributed by atoms with Gasteiger partial charge in [0.15, 0.2) is 6.54 Å². The Labute approximate surface area is 54.6 Å². The lowest BCUT2D eigenvalue weighted by atomic mass is 10.4. The second-order valence-electron chi connectivity index (χ2n) is 3.22. The second-order valence-corrected chi connectivity index (χ2v) is 3.22. The fourth-order valence-electron chi connectivity index (χ4n) is 0.636. The van der Waals surface area contributed by atoms with Gasteiger partial charge in [0.25, 0.3) is 0 Å². The molecular formula is C5H14NO3+. The summed E-state index contributed by atoms with van der Waals surface area (Å²) in [4.78, 5) is 0. The molecule has 0 aromatic carbocycles. The minimum absolute atomic E-state index is 0.104. The Morgan fingerprint density at radius 3 is 1.44 bits per heavy atom. The van der Waals surface area contributed by atoms with Crippen LogP contribution in [0.5, 0.6) is 0 Å². The summed E-state index contributed by atoms with van der Waals surface area (Å²) in [6.45, 7) is -0.104. The number of likely N-dealkylation sites (N-methyl/N-ethyl adjacent to an activating group) is 1. The number of hydrogen-bond acceptors (Lipinski definition) is 3. The van der Waals surface area contributed by atoms with Gasteiger partial charge >= 0.3 is 5.97 Å². The summed E-state index contributed by atoms with van der Waals surface area (Å²) in [5.41, 5.74) is 0. The molecule has 0 atom stereocenters. The molecule has 0 bridgehead atoms. The zero-order chi connectivity index (χ0) is 7.71. The maximum atomic E-state index is 8.45. The lowest BCUT2D eigenvalue weighted by Gasteiger charge is -2.27. The van der Waals surface area contributed by atoms with Crippen molar-refractivity contribution in [3.63, 3.8) is 0 Å². The normalized spacial score (nSPS) is 14.0. The van der Waals surface area contributed by atoms with Crippen molar-refractivity contribution >= 4 is 0 Å². The van der Waals surface area contributed by atoms with E-state index >= 15 is 0 Å². The average Bonchev–Trinajstić information content (AvgIpc) is 1.14. The number of quaternary nitrogens is 1. The van der Waals surface area contributed by atoms with Crippen LogP contribution in [0.3, 0.4) is 0 Å². The largest absolute Gasteiger partial charge is 0.339 e. The summed E-state index contributed by atoms with van der Waals surface area (Å²) < 4.78 is 0.309. The molecule has 3 N–H and O–H groups in total. The van der Waals surface area contributed by atoms with Crippen LogP contribution in [0.1, 0.15) is 0 Å². The van der Waals surface area contributed by atoms with Gasteiger partial charge in [-0.15, -0.1) is 0 Å². The van der Waals surface area contributed by atoms with E-state index in [0.717, 1.165) is 0 Å². The molecule has 0 aliphatic heterocycles. The van der Waals surface area contributed by atoms with Crippen LogP contribution in [-0.4, -0.2) is 53.5 Å². The van der Waals surface area contributed by atoms with Gasteiger partial charge < -0.3 is 19.8 Å². The highest BCUT2D eigenvalue weighted by Gasteiger charge is 2.27. The Kier molecular flexibility index (Phi) is 2.19. The van der Waals surface area contributed by atoms with Gasteiger partial charge in [0.1, 0.15) is 0 Å². The van der Waals surface area contributed by atoms with E-state index < -0.39 is 5.97 Å². The Hall–Kier alpha value is -0.160. The molecule has 0 aromatic rings. The summed E-state index contributed by atoms with van der Waals surface area (Å²) >= 11 is 0. The van der Waals surface area contributed by atoms with Gasteiger partial charge in [-0.3, -0.25) is 0 Å². The van der Waals surface area contributed by atoms with Crippen molar-refractivity contribution in [2.45, 2.75) is 5.97 Å². The van der Waals surface area contributed by atoms with E-state index in [1.165, 1.54) is 0 Å². The highest BCUT2D eigenvalue weighted by molar-refractivity contribution is 4.40. The van der Waals surface area contributed by atoms with E-state index in [4.69, 9.17) is 15.3 Å². The molecule has 4 heteroatoms. The Bertz CT molecular complexity index is 77.4. The van der Waals surface area contributed by atoms with Gasteiger partial charge in [-0.05, 0) is 0 Å². The Morgan fingerprint density at radius 1 is 1.11 bits per heavy atom. The third-order valence-corrected chi connectivity index (χ3v) is 0.686. The van der Waals surface area contributed by atoms with E-state index in [-0.39, 0.29) is 6.54 Å². The van der Waals surface area contributed by atoms with Crippen molar-refractivity contribution in [2.24, 2.45) is 0 Å². The molecule has 0 aromatic heterocycles. The van der Waals surface area contributed by atoms with Crippen LogP contribution in [-0.2, 0) is 0 Å². The van der Waals surface area contributed by atoms with Gasteiger partial charge in [-0.2, -0.15) is 0 Å². The van der Waals surface area contributed by atoms with Crippen molar-refractivity contribution in [3.05, 3.63) is 0 Å². The summed E-state index contributed by atoms with van der Waals surface area (Å²) in [6.07, 6.45) is 0. The van der Waals surface area contributed by atoms with Crippen molar-refractivity contribution in [1.29, 1.82) is 0 Å². The first kappa shape index (κ1) is 8.84. The molecular weight excluding hydrogens is 122 g/mol. The number of nitrogens with zero attached hydrogens (tertiary/aromatic N) is 1. The standard InChI is InChI=1S/C5H14NO3/c1-6(2,3)4-5(7,8)9/h7-9H,4H2,1-3H3/q+1. The zero-order valence-corrected chi connectivity index (χ0v) is 6.00. The SMILES string of the molecule is C[N+](C)(C)CC(O)(O)O. The molecule has 56 valence electrons. The predicted molar refractivity (Wildman–Crippen MR) is 32.3 cm³/mol. The van der Waals surface area contributed by atoms with Gasteiger partial charge in [-0.25, -0.2) is 0 Å². The van der Waals surface area contributed by atoms with E-state index in [0.29, 0.717) is 4.48 Å². The first-order valence-corrected chi connectivity index (χ1v) is 2.68. The molecule has 0 saturated carbocycles. The van der Waals surface area contributed by atoms with Gasteiger partial charge in [0, 0.05) is 0 Å². The lowest BCUT2D eigenvalue weighted by Crippen LogP contribution is -2.49. The van der Waals surface area contributed by atoms with Crippen LogP contribution in [0.4, 0.5) is 0 Å². The van der Waals surface area contributed by atoms with Crippen molar-refractivity contribution in [2.75, 3.05) is 27.7 Å². The maximum Gasteiger partial charge on any atom is 0.328 e.